The molecule has 3 aromatic rings. The van der Waals surface area contributed by atoms with Gasteiger partial charge in [0.2, 0.25) is 5.52 Å². The van der Waals surface area contributed by atoms with Crippen molar-refractivity contribution in [3.8, 4) is 0 Å². The molecule has 0 amide bonds. The third kappa shape index (κ3) is 3.28. The lowest BCUT2D eigenvalue weighted by molar-refractivity contribution is -0.382. The van der Waals surface area contributed by atoms with Gasteiger partial charge in [-0.15, -0.1) is 0 Å². The summed E-state index contributed by atoms with van der Waals surface area (Å²) in [5, 5.41) is 23.1. The summed E-state index contributed by atoms with van der Waals surface area (Å²) < 4.78 is 4.86. The Morgan fingerprint density at radius 2 is 2.07 bits per heavy atom. The first-order valence-corrected chi connectivity index (χ1v) is 9.12. The third-order valence-electron chi connectivity index (χ3n) is 4.82. The third-order valence-corrected chi connectivity index (χ3v) is 5.14. The number of anilines is 3. The first-order chi connectivity index (χ1) is 13.0. The molecule has 1 aliphatic heterocycles. The van der Waals surface area contributed by atoms with Crippen LogP contribution in [0.5, 0.6) is 0 Å². The molecule has 1 N–H and O–H groups in total. The van der Waals surface area contributed by atoms with Gasteiger partial charge in [-0.2, -0.15) is 0 Å². The second-order valence-electron chi connectivity index (χ2n) is 6.81. The van der Waals surface area contributed by atoms with Crippen molar-refractivity contribution < 1.29 is 9.55 Å². The molecule has 0 spiro atoms. The van der Waals surface area contributed by atoms with E-state index in [0.29, 0.717) is 27.8 Å². The van der Waals surface area contributed by atoms with Crippen LogP contribution in [0.25, 0.3) is 11.0 Å². The summed E-state index contributed by atoms with van der Waals surface area (Å²) in [6.45, 7) is 3.90. The highest BCUT2D eigenvalue weighted by Crippen LogP contribution is 2.41. The largest absolute Gasteiger partial charge is 0.369 e. The average Bonchev–Trinajstić information content (AvgIpc) is 3.12. The molecule has 8 nitrogen and oxygen atoms in total. The van der Waals surface area contributed by atoms with Gasteiger partial charge in [0, 0.05) is 13.1 Å². The first-order valence-electron chi connectivity index (χ1n) is 8.74. The van der Waals surface area contributed by atoms with Gasteiger partial charge in [-0.25, -0.2) is 4.63 Å². The lowest BCUT2D eigenvalue weighted by atomic mass is 9.99. The van der Waals surface area contributed by atoms with Crippen LogP contribution in [0.4, 0.5) is 22.7 Å². The van der Waals surface area contributed by atoms with E-state index in [0.717, 1.165) is 31.6 Å². The second kappa shape index (κ2) is 7.03. The smallest absolute Gasteiger partial charge is 0.324 e. The summed E-state index contributed by atoms with van der Waals surface area (Å²) in [5.41, 5.74) is 2.02. The van der Waals surface area contributed by atoms with Crippen LogP contribution in [0.2, 0.25) is 5.02 Å². The Morgan fingerprint density at radius 3 is 2.81 bits per heavy atom. The normalized spacial score (nSPS) is 17.3. The van der Waals surface area contributed by atoms with Crippen LogP contribution >= 0.6 is 11.6 Å². The number of fused-ring (bicyclic) bond motifs is 1. The SMILES string of the molecule is CC1CCCN(c2cc(Nc3ccccc3Cl)c([N+](=O)[O-])c3nonc23)C1. The second-order valence-corrected chi connectivity index (χ2v) is 7.22. The van der Waals surface area contributed by atoms with Crippen molar-refractivity contribution in [3.63, 3.8) is 0 Å². The van der Waals surface area contributed by atoms with Crippen LogP contribution in [0.15, 0.2) is 35.0 Å². The van der Waals surface area contributed by atoms with Crippen LogP contribution in [-0.4, -0.2) is 28.3 Å². The number of aromatic nitrogens is 2. The zero-order valence-corrected chi connectivity index (χ0v) is 15.4. The van der Waals surface area contributed by atoms with E-state index in [1.165, 1.54) is 0 Å². The van der Waals surface area contributed by atoms with Gasteiger partial charge < -0.3 is 10.2 Å². The summed E-state index contributed by atoms with van der Waals surface area (Å²) in [7, 11) is 0. The van der Waals surface area contributed by atoms with E-state index in [9.17, 15) is 10.1 Å². The minimum atomic E-state index is -0.478. The molecule has 1 aliphatic rings. The Morgan fingerprint density at radius 1 is 1.30 bits per heavy atom. The monoisotopic (exact) mass is 387 g/mol. The molecule has 1 atom stereocenters. The van der Waals surface area contributed by atoms with Crippen LogP contribution in [-0.2, 0) is 0 Å². The van der Waals surface area contributed by atoms with E-state index in [-0.39, 0.29) is 11.2 Å². The molecule has 1 fully saturated rings. The van der Waals surface area contributed by atoms with Crippen molar-refractivity contribution in [1.82, 2.24) is 10.3 Å². The summed E-state index contributed by atoms with van der Waals surface area (Å²) in [5.74, 6) is 0.531. The Balaban J connectivity index is 1.87. The first kappa shape index (κ1) is 17.5. The molecular formula is C18H18ClN5O3. The van der Waals surface area contributed by atoms with Gasteiger partial charge in [0.15, 0.2) is 5.52 Å². The number of piperidine rings is 1. The lowest BCUT2D eigenvalue weighted by Gasteiger charge is -2.32. The molecule has 1 saturated heterocycles. The fraction of sp³-hybridized carbons (Fsp3) is 0.333. The zero-order chi connectivity index (χ0) is 19.0. The summed E-state index contributed by atoms with van der Waals surface area (Å²) in [6, 6.07) is 8.84. The quantitative estimate of drug-likeness (QED) is 0.508. The van der Waals surface area contributed by atoms with Gasteiger partial charge >= 0.3 is 5.69 Å². The van der Waals surface area contributed by atoms with Crippen molar-refractivity contribution >= 4 is 45.4 Å². The number of hydrogen-bond acceptors (Lipinski definition) is 7. The maximum atomic E-state index is 11.8. The van der Waals surface area contributed by atoms with E-state index in [4.69, 9.17) is 16.2 Å². The highest BCUT2D eigenvalue weighted by atomic mass is 35.5. The number of nitrogens with zero attached hydrogens (tertiary/aromatic N) is 4. The molecule has 140 valence electrons. The van der Waals surface area contributed by atoms with E-state index in [2.05, 4.69) is 27.5 Å². The number of nitrogens with one attached hydrogen (secondary N) is 1. The highest BCUT2D eigenvalue weighted by Gasteiger charge is 2.29. The number of halogens is 1. The molecule has 1 aromatic heterocycles. The van der Waals surface area contributed by atoms with Crippen molar-refractivity contribution in [2.75, 3.05) is 23.3 Å². The minimum absolute atomic E-state index is 0.130. The number of rotatable bonds is 4. The maximum absolute atomic E-state index is 11.8. The number of hydrogen-bond donors (Lipinski definition) is 1. The Kier molecular flexibility index (Phi) is 4.57. The fourth-order valence-corrected chi connectivity index (χ4v) is 3.73. The topological polar surface area (TPSA) is 97.3 Å². The Labute approximate surface area is 160 Å². The maximum Gasteiger partial charge on any atom is 0.324 e. The lowest BCUT2D eigenvalue weighted by Crippen LogP contribution is -2.34. The summed E-state index contributed by atoms with van der Waals surface area (Å²) in [4.78, 5) is 13.5. The van der Waals surface area contributed by atoms with Crippen LogP contribution < -0.4 is 10.2 Å². The van der Waals surface area contributed by atoms with E-state index in [1.54, 1.807) is 24.3 Å². The van der Waals surface area contributed by atoms with Crippen molar-refractivity contribution in [2.45, 2.75) is 19.8 Å². The molecule has 9 heteroatoms. The predicted octanol–water partition coefficient (Wildman–Crippen LogP) is 4.76. The zero-order valence-electron chi connectivity index (χ0n) is 14.7. The van der Waals surface area contributed by atoms with Crippen LogP contribution in [0.3, 0.4) is 0 Å². The van der Waals surface area contributed by atoms with Gasteiger partial charge in [0.25, 0.3) is 0 Å². The molecule has 0 bridgehead atoms. The number of para-hydroxylation sites is 1. The molecular weight excluding hydrogens is 370 g/mol. The standard InChI is InChI=1S/C18H18ClN5O3/c1-11-5-4-8-23(10-11)15-9-14(20-13-7-3-2-6-12(13)19)18(24(25)26)17-16(15)21-27-22-17/h2-3,6-7,9,11,20H,4-5,8,10H2,1H3. The average molecular weight is 388 g/mol. The summed E-state index contributed by atoms with van der Waals surface area (Å²) in [6.07, 6.45) is 2.21. The van der Waals surface area contributed by atoms with Gasteiger partial charge in [-0.1, -0.05) is 30.7 Å². The van der Waals surface area contributed by atoms with Crippen molar-refractivity contribution in [1.29, 1.82) is 0 Å². The molecule has 1 unspecified atom stereocenters. The fourth-order valence-electron chi connectivity index (χ4n) is 3.55. The molecule has 27 heavy (non-hydrogen) atoms. The van der Waals surface area contributed by atoms with E-state index < -0.39 is 4.92 Å². The van der Waals surface area contributed by atoms with Crippen molar-refractivity contribution in [3.05, 3.63) is 45.5 Å². The minimum Gasteiger partial charge on any atom is -0.369 e. The van der Waals surface area contributed by atoms with Crippen molar-refractivity contribution in [2.24, 2.45) is 5.92 Å². The Hall–Kier alpha value is -2.87. The number of nitro benzene ring substituents is 1. The Bertz CT molecular complexity index is 1010. The molecule has 2 aromatic carbocycles. The van der Waals surface area contributed by atoms with Gasteiger partial charge in [-0.3, -0.25) is 10.1 Å². The van der Waals surface area contributed by atoms with Gasteiger partial charge in [0.05, 0.1) is 21.3 Å². The highest BCUT2D eigenvalue weighted by molar-refractivity contribution is 6.33. The molecule has 2 heterocycles. The van der Waals surface area contributed by atoms with Gasteiger partial charge in [0.1, 0.15) is 5.69 Å². The predicted molar refractivity (Wildman–Crippen MR) is 104 cm³/mol. The number of nitro groups is 1. The molecule has 4 rings (SSSR count). The van der Waals surface area contributed by atoms with Crippen LogP contribution in [0, 0.1) is 16.0 Å². The van der Waals surface area contributed by atoms with E-state index >= 15 is 0 Å². The van der Waals surface area contributed by atoms with E-state index in [1.807, 2.05) is 6.07 Å². The molecule has 0 aliphatic carbocycles. The summed E-state index contributed by atoms with van der Waals surface area (Å²) >= 11 is 6.22. The molecule has 0 radical (unpaired) electrons. The molecule has 0 saturated carbocycles. The van der Waals surface area contributed by atoms with Crippen LogP contribution in [0.1, 0.15) is 19.8 Å². The number of benzene rings is 2. The van der Waals surface area contributed by atoms with Gasteiger partial charge in [-0.05, 0) is 47.3 Å².